The lowest BCUT2D eigenvalue weighted by atomic mass is 9.78. The van der Waals surface area contributed by atoms with Gasteiger partial charge in [-0.3, -0.25) is 5.10 Å². The molecule has 3 N–H and O–H groups in total. The normalized spacial score (nSPS) is 13.9. The monoisotopic (exact) mass is 361 g/mol. The van der Waals surface area contributed by atoms with Gasteiger partial charge in [-0.2, -0.15) is 5.10 Å². The van der Waals surface area contributed by atoms with Crippen LogP contribution in [0.15, 0.2) is 36.5 Å². The molecule has 5 nitrogen and oxygen atoms in total. The second-order valence-corrected chi connectivity index (χ2v) is 7.00. The number of rotatable bonds is 2. The van der Waals surface area contributed by atoms with Gasteiger partial charge in [0.1, 0.15) is 5.82 Å². The van der Waals surface area contributed by atoms with Crippen molar-refractivity contribution in [3.63, 3.8) is 0 Å². The molecule has 2 heterocycles. The van der Waals surface area contributed by atoms with E-state index in [9.17, 15) is 10.0 Å². The predicted molar refractivity (Wildman–Crippen MR) is 103 cm³/mol. The Balaban J connectivity index is 1.87. The van der Waals surface area contributed by atoms with Crippen LogP contribution in [-0.4, -0.2) is 32.3 Å². The summed E-state index contributed by atoms with van der Waals surface area (Å²) in [6.07, 6.45) is 5.66. The van der Waals surface area contributed by atoms with Gasteiger partial charge in [0, 0.05) is 21.8 Å². The topological polar surface area (TPSA) is 82.0 Å². The van der Waals surface area contributed by atoms with Gasteiger partial charge in [-0.25, -0.2) is 9.37 Å². The third-order valence-corrected chi connectivity index (χ3v) is 5.45. The molecule has 0 saturated heterocycles. The van der Waals surface area contributed by atoms with Crippen LogP contribution in [0.4, 0.5) is 4.39 Å². The number of benzene rings is 2. The number of halogens is 1. The lowest BCUT2D eigenvalue weighted by molar-refractivity contribution is 0.423. The largest absolute Gasteiger partial charge is 0.491 e. The molecule has 0 fully saturated rings. The Labute approximate surface area is 155 Å². The molecular formula is C20H17BFN3O2. The van der Waals surface area contributed by atoms with E-state index in [4.69, 9.17) is 4.98 Å². The molecule has 5 rings (SSSR count). The van der Waals surface area contributed by atoms with Crippen molar-refractivity contribution in [2.24, 2.45) is 0 Å². The Bertz CT molecular complexity index is 1190. The Morgan fingerprint density at radius 1 is 1.04 bits per heavy atom. The molecule has 0 saturated carbocycles. The van der Waals surface area contributed by atoms with Crippen molar-refractivity contribution in [2.45, 2.75) is 25.7 Å². The molecule has 2 aromatic carbocycles. The van der Waals surface area contributed by atoms with Crippen LogP contribution in [-0.2, 0) is 12.8 Å². The van der Waals surface area contributed by atoms with Crippen LogP contribution in [0.3, 0.4) is 0 Å². The third-order valence-electron chi connectivity index (χ3n) is 5.45. The molecule has 7 heteroatoms. The Morgan fingerprint density at radius 2 is 1.85 bits per heavy atom. The number of pyridine rings is 1. The van der Waals surface area contributed by atoms with Gasteiger partial charge in [-0.1, -0.05) is 12.1 Å². The van der Waals surface area contributed by atoms with E-state index in [1.807, 2.05) is 18.3 Å². The fourth-order valence-corrected chi connectivity index (χ4v) is 4.20. The van der Waals surface area contributed by atoms with Gasteiger partial charge >= 0.3 is 7.12 Å². The molecule has 0 aliphatic heterocycles. The number of nitrogens with zero attached hydrogens (tertiary/aromatic N) is 2. The summed E-state index contributed by atoms with van der Waals surface area (Å²) in [4.78, 5) is 4.80. The standard InChI is InChI=1S/C20H17BFN3O2/c22-19-13(6-3-7-15(19)21(26)27)20-12-5-2-1-4-11(12)18-14-10-23-25-16(14)8-9-17(18)24-20/h3,6-10,26-27H,1-2,4-5H2,(H,23,25). The fraction of sp³-hybridized carbons (Fsp3) is 0.200. The summed E-state index contributed by atoms with van der Waals surface area (Å²) in [7, 11) is -1.85. The zero-order valence-corrected chi connectivity index (χ0v) is 14.5. The molecule has 2 aromatic heterocycles. The quantitative estimate of drug-likeness (QED) is 0.479. The van der Waals surface area contributed by atoms with Gasteiger partial charge in [0.05, 0.1) is 22.9 Å². The van der Waals surface area contributed by atoms with Crippen LogP contribution in [0.25, 0.3) is 33.1 Å². The smallest absolute Gasteiger partial charge is 0.423 e. The van der Waals surface area contributed by atoms with Gasteiger partial charge in [0.15, 0.2) is 0 Å². The Morgan fingerprint density at radius 3 is 2.67 bits per heavy atom. The van der Waals surface area contributed by atoms with Crippen LogP contribution in [0.5, 0.6) is 0 Å². The van der Waals surface area contributed by atoms with E-state index in [0.29, 0.717) is 11.3 Å². The third kappa shape index (κ3) is 2.46. The van der Waals surface area contributed by atoms with E-state index in [1.165, 1.54) is 11.6 Å². The fourth-order valence-electron chi connectivity index (χ4n) is 4.20. The van der Waals surface area contributed by atoms with Gasteiger partial charge in [-0.05, 0) is 55.0 Å². The Kier molecular flexibility index (Phi) is 3.74. The zero-order chi connectivity index (χ0) is 18.5. The first kappa shape index (κ1) is 16.4. The molecular weight excluding hydrogens is 344 g/mol. The molecule has 0 unspecified atom stereocenters. The van der Waals surface area contributed by atoms with E-state index in [-0.39, 0.29) is 5.46 Å². The minimum atomic E-state index is -1.85. The van der Waals surface area contributed by atoms with E-state index in [2.05, 4.69) is 10.2 Å². The van der Waals surface area contributed by atoms with Crippen LogP contribution in [0.1, 0.15) is 24.0 Å². The van der Waals surface area contributed by atoms with Crippen molar-refractivity contribution in [1.29, 1.82) is 0 Å². The molecule has 1 aliphatic rings. The number of H-pyrrole nitrogens is 1. The highest BCUT2D eigenvalue weighted by Crippen LogP contribution is 2.38. The summed E-state index contributed by atoms with van der Waals surface area (Å²) in [6.45, 7) is 0. The van der Waals surface area contributed by atoms with Gasteiger partial charge in [0.2, 0.25) is 0 Å². The minimum Gasteiger partial charge on any atom is -0.423 e. The highest BCUT2D eigenvalue weighted by molar-refractivity contribution is 6.58. The summed E-state index contributed by atoms with van der Waals surface area (Å²) >= 11 is 0. The second kappa shape index (κ2) is 6.15. The first-order valence-electron chi connectivity index (χ1n) is 9.07. The molecule has 1 aliphatic carbocycles. The molecule has 0 spiro atoms. The summed E-state index contributed by atoms with van der Waals surface area (Å²) in [5, 5.41) is 28.2. The number of hydrogen-bond donors (Lipinski definition) is 3. The van der Waals surface area contributed by atoms with Gasteiger partial charge < -0.3 is 10.0 Å². The van der Waals surface area contributed by atoms with E-state index in [0.717, 1.165) is 53.1 Å². The average Bonchev–Trinajstić information content (AvgIpc) is 3.16. The summed E-state index contributed by atoms with van der Waals surface area (Å²) in [5.74, 6) is -0.628. The first-order valence-corrected chi connectivity index (χ1v) is 9.07. The van der Waals surface area contributed by atoms with Crippen LogP contribution >= 0.6 is 0 Å². The van der Waals surface area contributed by atoms with E-state index >= 15 is 4.39 Å². The van der Waals surface area contributed by atoms with Crippen molar-refractivity contribution in [2.75, 3.05) is 0 Å². The molecule has 0 bridgehead atoms. The number of nitrogens with one attached hydrogen (secondary N) is 1. The second-order valence-electron chi connectivity index (χ2n) is 7.00. The molecule has 134 valence electrons. The molecule has 27 heavy (non-hydrogen) atoms. The predicted octanol–water partition coefficient (Wildman–Crippen LogP) is 2.48. The van der Waals surface area contributed by atoms with Crippen molar-refractivity contribution in [3.05, 3.63) is 53.5 Å². The maximum atomic E-state index is 15.0. The summed E-state index contributed by atoms with van der Waals surface area (Å²) < 4.78 is 15.0. The number of fused-ring (bicyclic) bond motifs is 5. The van der Waals surface area contributed by atoms with Crippen molar-refractivity contribution >= 4 is 34.4 Å². The minimum absolute atomic E-state index is 0.135. The van der Waals surface area contributed by atoms with Crippen LogP contribution < -0.4 is 5.46 Å². The summed E-state index contributed by atoms with van der Waals surface area (Å²) in [6, 6.07) is 8.53. The Hall–Kier alpha value is -2.77. The molecule has 0 amide bonds. The average molecular weight is 361 g/mol. The van der Waals surface area contributed by atoms with Crippen LogP contribution in [0.2, 0.25) is 0 Å². The van der Waals surface area contributed by atoms with E-state index in [1.54, 1.807) is 12.1 Å². The van der Waals surface area contributed by atoms with Crippen molar-refractivity contribution in [3.8, 4) is 11.3 Å². The number of aromatic nitrogens is 3. The highest BCUT2D eigenvalue weighted by atomic mass is 19.1. The first-order chi connectivity index (χ1) is 13.1. The lowest BCUT2D eigenvalue weighted by Gasteiger charge is -2.22. The van der Waals surface area contributed by atoms with Crippen molar-refractivity contribution in [1.82, 2.24) is 15.2 Å². The lowest BCUT2D eigenvalue weighted by Crippen LogP contribution is -2.33. The number of aromatic amines is 1. The number of hydrogen-bond acceptors (Lipinski definition) is 4. The highest BCUT2D eigenvalue weighted by Gasteiger charge is 2.25. The van der Waals surface area contributed by atoms with E-state index < -0.39 is 12.9 Å². The van der Waals surface area contributed by atoms with Crippen LogP contribution in [0, 0.1) is 5.82 Å². The SMILES string of the molecule is OB(O)c1cccc(-c2nc3ccc4[nH]ncc4c3c3c2CCCC3)c1F. The van der Waals surface area contributed by atoms with Gasteiger partial charge in [-0.15, -0.1) is 0 Å². The maximum absolute atomic E-state index is 15.0. The van der Waals surface area contributed by atoms with Crippen molar-refractivity contribution < 1.29 is 14.4 Å². The molecule has 4 aromatic rings. The summed E-state index contributed by atoms with van der Waals surface area (Å²) in [5.41, 5.74) is 4.78. The molecule has 0 atom stereocenters. The molecule has 0 radical (unpaired) electrons. The maximum Gasteiger partial charge on any atom is 0.491 e. The zero-order valence-electron chi connectivity index (χ0n) is 14.5. The number of aryl methyl sites for hydroxylation is 1. The van der Waals surface area contributed by atoms with Gasteiger partial charge in [0.25, 0.3) is 0 Å².